The molecule has 3 rings (SSSR count). The number of ether oxygens (including phenoxy) is 3. The molecule has 2 aromatic carbocycles. The first-order chi connectivity index (χ1) is 13.5. The number of phenolic OH excluding ortho intramolecular Hbond substituents is 1. The van der Waals surface area contributed by atoms with Gasteiger partial charge < -0.3 is 30.9 Å². The van der Waals surface area contributed by atoms with E-state index in [4.69, 9.17) is 24.3 Å². The van der Waals surface area contributed by atoms with Crippen molar-refractivity contribution in [2.24, 2.45) is 5.92 Å². The van der Waals surface area contributed by atoms with Gasteiger partial charge in [-0.15, -0.1) is 0 Å². The molecule has 0 atom stereocenters. The number of carbonyl (C=O) groups excluding carboxylic acids is 1. The summed E-state index contributed by atoms with van der Waals surface area (Å²) in [6, 6.07) is 11.0. The SMILES string of the molecule is COc1cccc(Br)c1O.COc1cccc(Br)c1OCC1CC1.O=CO[O-].[H-].[K+].[K+]. The number of benzene rings is 2. The summed E-state index contributed by atoms with van der Waals surface area (Å²) in [5.41, 5.74) is 0. The van der Waals surface area contributed by atoms with Crippen molar-refractivity contribution in [3.63, 3.8) is 0 Å². The van der Waals surface area contributed by atoms with Gasteiger partial charge in [0.2, 0.25) is 0 Å². The van der Waals surface area contributed by atoms with Crippen LogP contribution >= 0.6 is 31.9 Å². The number of para-hydroxylation sites is 2. The van der Waals surface area contributed by atoms with E-state index >= 15 is 0 Å². The zero-order valence-electron chi connectivity index (χ0n) is 18.4. The summed E-state index contributed by atoms with van der Waals surface area (Å²) in [5.74, 6) is 2.99. The number of hydrogen-bond acceptors (Lipinski definition) is 7. The molecule has 156 valence electrons. The second-order valence-corrected chi connectivity index (χ2v) is 7.22. The second kappa shape index (κ2) is 19.7. The van der Waals surface area contributed by atoms with Gasteiger partial charge in [-0.1, -0.05) is 12.1 Å². The standard InChI is InChI=1S/C11H13BrO2.C7H7BrO2.CH2O3.2K.H/c1-13-10-4-2-3-9(12)11(10)14-7-8-5-6-8;1-10-6-4-2-3-5(8)7(6)9;2-1-4-3;;;/h2-4,8H,5-7H2,1H3;2-4,9H,1H3;1,3H;;;/q;;;2*+1;-1/p-1. The van der Waals surface area contributed by atoms with E-state index < -0.39 is 0 Å². The minimum atomic E-state index is -0.181. The molecule has 0 aliphatic heterocycles. The van der Waals surface area contributed by atoms with Crippen LogP contribution in [0.1, 0.15) is 14.3 Å². The molecule has 0 unspecified atom stereocenters. The van der Waals surface area contributed by atoms with E-state index in [1.165, 1.54) is 20.0 Å². The third-order valence-electron chi connectivity index (χ3n) is 3.52. The maximum absolute atomic E-state index is 9.23. The summed E-state index contributed by atoms with van der Waals surface area (Å²) in [6.07, 6.45) is 2.60. The van der Waals surface area contributed by atoms with Crippen LogP contribution in [0.4, 0.5) is 0 Å². The molecular formula is C19H22Br2K2O7. The van der Waals surface area contributed by atoms with Crippen LogP contribution in [0.2, 0.25) is 0 Å². The van der Waals surface area contributed by atoms with Crippen molar-refractivity contribution in [3.05, 3.63) is 45.3 Å². The van der Waals surface area contributed by atoms with Gasteiger partial charge in [-0.2, -0.15) is 0 Å². The number of hydrogen-bond donors (Lipinski definition) is 1. The van der Waals surface area contributed by atoms with Crippen molar-refractivity contribution in [1.82, 2.24) is 0 Å². The predicted molar refractivity (Wildman–Crippen MR) is 110 cm³/mol. The van der Waals surface area contributed by atoms with E-state index in [0.717, 1.165) is 28.5 Å². The van der Waals surface area contributed by atoms with Crippen molar-refractivity contribution < 1.29 is 138 Å². The van der Waals surface area contributed by atoms with E-state index in [0.29, 0.717) is 10.2 Å². The summed E-state index contributed by atoms with van der Waals surface area (Å²) in [5, 5.41) is 17.7. The maximum Gasteiger partial charge on any atom is 1.00 e. The fourth-order valence-electron chi connectivity index (χ4n) is 1.94. The van der Waals surface area contributed by atoms with E-state index in [1.54, 1.807) is 25.3 Å². The first kappa shape index (κ1) is 33.5. The average Bonchev–Trinajstić information content (AvgIpc) is 3.54. The minimum absolute atomic E-state index is 0. The van der Waals surface area contributed by atoms with Crippen molar-refractivity contribution in [3.8, 4) is 23.0 Å². The molecular weight excluding hydrogens is 578 g/mol. The van der Waals surface area contributed by atoms with Crippen LogP contribution in [0.3, 0.4) is 0 Å². The third kappa shape index (κ3) is 13.1. The summed E-state index contributed by atoms with van der Waals surface area (Å²) >= 11 is 6.61. The Morgan fingerprint density at radius 3 is 2.00 bits per heavy atom. The zero-order chi connectivity index (χ0) is 20.9. The molecule has 0 saturated heterocycles. The fraction of sp³-hybridized carbons (Fsp3) is 0.316. The molecule has 30 heavy (non-hydrogen) atoms. The molecule has 0 radical (unpaired) electrons. The van der Waals surface area contributed by atoms with Crippen LogP contribution in [0.25, 0.3) is 0 Å². The van der Waals surface area contributed by atoms with Gasteiger partial charge in [0.15, 0.2) is 23.0 Å². The Labute approximate surface area is 279 Å². The largest absolute Gasteiger partial charge is 1.00 e. The van der Waals surface area contributed by atoms with Crippen molar-refractivity contribution in [2.45, 2.75) is 12.8 Å². The molecule has 0 aromatic heterocycles. The number of methoxy groups -OCH3 is 2. The molecule has 1 saturated carbocycles. The zero-order valence-corrected chi connectivity index (χ0v) is 26.8. The van der Waals surface area contributed by atoms with E-state index in [1.807, 2.05) is 18.2 Å². The van der Waals surface area contributed by atoms with Gasteiger partial charge in [0.25, 0.3) is 6.47 Å². The monoisotopic (exact) mass is 598 g/mol. The van der Waals surface area contributed by atoms with Crippen molar-refractivity contribution >= 4 is 38.3 Å². The molecule has 0 heterocycles. The molecule has 0 bridgehead atoms. The first-order valence-corrected chi connectivity index (χ1v) is 9.76. The van der Waals surface area contributed by atoms with Crippen molar-refractivity contribution in [2.75, 3.05) is 20.8 Å². The van der Waals surface area contributed by atoms with Crippen LogP contribution in [0.5, 0.6) is 23.0 Å². The van der Waals surface area contributed by atoms with E-state index in [2.05, 4.69) is 36.7 Å². The molecule has 2 aromatic rings. The average molecular weight is 600 g/mol. The molecule has 1 N–H and O–H groups in total. The Morgan fingerprint density at radius 2 is 1.57 bits per heavy atom. The maximum atomic E-state index is 9.23. The Bertz CT molecular complexity index is 753. The Morgan fingerprint density at radius 1 is 1.07 bits per heavy atom. The van der Waals surface area contributed by atoms with E-state index in [-0.39, 0.29) is 116 Å². The minimum Gasteiger partial charge on any atom is -1.00 e. The number of carbonyl (C=O) groups is 1. The first-order valence-electron chi connectivity index (χ1n) is 8.17. The van der Waals surface area contributed by atoms with Crippen LogP contribution < -0.4 is 122 Å². The molecule has 1 aliphatic carbocycles. The molecule has 0 amide bonds. The Kier molecular flexibility index (Phi) is 22.0. The van der Waals surface area contributed by atoms with Crippen LogP contribution in [0.15, 0.2) is 45.3 Å². The number of halogens is 2. The summed E-state index contributed by atoms with van der Waals surface area (Å²) in [7, 11) is 3.17. The fourth-order valence-corrected chi connectivity index (χ4v) is 2.75. The molecule has 1 aliphatic rings. The van der Waals surface area contributed by atoms with Gasteiger partial charge >= 0.3 is 103 Å². The number of rotatable bonds is 6. The second-order valence-electron chi connectivity index (χ2n) is 5.51. The summed E-state index contributed by atoms with van der Waals surface area (Å²) in [6.45, 7) is 0.624. The molecule has 11 heteroatoms. The van der Waals surface area contributed by atoms with Gasteiger partial charge in [-0.3, -0.25) is 4.79 Å². The van der Waals surface area contributed by atoms with Gasteiger partial charge in [-0.25, -0.2) is 0 Å². The van der Waals surface area contributed by atoms with Crippen LogP contribution in [-0.2, 0) is 9.68 Å². The van der Waals surface area contributed by atoms with Gasteiger partial charge in [0.05, 0.1) is 29.8 Å². The van der Waals surface area contributed by atoms with Gasteiger partial charge in [0.1, 0.15) is 0 Å². The molecule has 1 fully saturated rings. The molecule has 7 nitrogen and oxygen atoms in total. The van der Waals surface area contributed by atoms with Gasteiger partial charge in [-0.05, 0) is 74.9 Å². The smallest absolute Gasteiger partial charge is 1.00 e. The van der Waals surface area contributed by atoms with E-state index in [9.17, 15) is 5.11 Å². The topological polar surface area (TPSA) is 97.3 Å². The molecule has 0 spiro atoms. The number of phenols is 1. The summed E-state index contributed by atoms with van der Waals surface area (Å²) in [4.78, 5) is 11.2. The third-order valence-corrected chi connectivity index (χ3v) is 4.78. The Balaban J connectivity index is -0.000000412. The predicted octanol–water partition coefficient (Wildman–Crippen LogP) is -2.03. The quantitative estimate of drug-likeness (QED) is 0.177. The van der Waals surface area contributed by atoms with Gasteiger partial charge in [0, 0.05) is 0 Å². The normalized spacial score (nSPS) is 11.0. The van der Waals surface area contributed by atoms with Crippen LogP contribution in [-0.4, -0.2) is 32.4 Å². The van der Waals surface area contributed by atoms with Crippen LogP contribution in [0, 0.1) is 5.92 Å². The Hall–Kier alpha value is 1.30. The number of aromatic hydroxyl groups is 1. The van der Waals surface area contributed by atoms with Crippen molar-refractivity contribution in [1.29, 1.82) is 0 Å². The summed E-state index contributed by atoms with van der Waals surface area (Å²) < 4.78 is 17.4.